The van der Waals surface area contributed by atoms with Crippen molar-refractivity contribution in [1.82, 2.24) is 9.88 Å². The molecule has 0 spiro atoms. The lowest BCUT2D eigenvalue weighted by atomic mass is 10.1. The molecule has 2 amide bonds. The minimum atomic E-state index is -0.958. The third-order valence-electron chi connectivity index (χ3n) is 6.45. The number of nitrogens with zero attached hydrogens (tertiary/aromatic N) is 2. The van der Waals surface area contributed by atoms with Crippen LogP contribution in [0.4, 0.5) is 19.4 Å². The fourth-order valence-corrected chi connectivity index (χ4v) is 4.35. The quantitative estimate of drug-likeness (QED) is 0.373. The maximum Gasteiger partial charge on any atom is 0.412 e. The second kappa shape index (κ2) is 12.9. The summed E-state index contributed by atoms with van der Waals surface area (Å²) in [7, 11) is 1.59. The summed E-state index contributed by atoms with van der Waals surface area (Å²) in [5.74, 6) is -2.65. The summed E-state index contributed by atoms with van der Waals surface area (Å²) in [6.07, 6.45) is 0.949. The van der Waals surface area contributed by atoms with Crippen molar-refractivity contribution in [2.45, 2.75) is 58.5 Å². The zero-order chi connectivity index (χ0) is 27.3. The molecule has 39 heavy (non-hydrogen) atoms. The van der Waals surface area contributed by atoms with Crippen LogP contribution in [0.25, 0.3) is 10.8 Å². The molecule has 0 saturated carbocycles. The van der Waals surface area contributed by atoms with Crippen LogP contribution in [0.5, 0.6) is 0 Å². The molecule has 2 heterocycles. The van der Waals surface area contributed by atoms with E-state index in [1.54, 1.807) is 33.2 Å². The van der Waals surface area contributed by atoms with Crippen molar-refractivity contribution in [3.63, 3.8) is 0 Å². The molecule has 1 aromatic heterocycles. The van der Waals surface area contributed by atoms with Gasteiger partial charge in [0.15, 0.2) is 17.4 Å². The van der Waals surface area contributed by atoms with Crippen LogP contribution >= 0.6 is 0 Å². The predicted molar refractivity (Wildman–Crippen MR) is 144 cm³/mol. The maximum absolute atomic E-state index is 14.0. The number of ether oxygens (including phenoxy) is 3. The number of aryl methyl sites for hydroxylation is 1. The summed E-state index contributed by atoms with van der Waals surface area (Å²) < 4.78 is 44.6. The number of hydrogen-bond acceptors (Lipinski definition) is 6. The van der Waals surface area contributed by atoms with E-state index in [-0.39, 0.29) is 44.4 Å². The molecule has 10 heteroatoms. The number of fused-ring (bicyclic) bond motifs is 1. The van der Waals surface area contributed by atoms with Gasteiger partial charge in [0.2, 0.25) is 5.91 Å². The van der Waals surface area contributed by atoms with E-state index in [4.69, 9.17) is 14.2 Å². The van der Waals surface area contributed by atoms with Gasteiger partial charge in [0.1, 0.15) is 12.4 Å². The standard InChI is InChI=1S/C28H31F2N3O5.CH4/c1-28(2)37-17-22(38-28)14-21(33(3)25(34)12-11-18-9-6-10-23(29)26(18)30)16-36-27(35)32-24-13-19-7-4-5-8-20(19)15-31-24;/h4-10,13,15,21-22H,11-12,14,16-17H2,1-3H3,(H,31,32,35);1H4/t21-,22+;/m0./s1. The highest BCUT2D eigenvalue weighted by Gasteiger charge is 2.36. The first kappa shape index (κ1) is 29.9. The molecule has 1 saturated heterocycles. The molecule has 4 rings (SSSR count). The first-order valence-electron chi connectivity index (χ1n) is 12.4. The molecule has 210 valence electrons. The van der Waals surface area contributed by atoms with E-state index in [0.29, 0.717) is 18.8 Å². The molecule has 1 aliphatic heterocycles. The highest BCUT2D eigenvalue weighted by Crippen LogP contribution is 2.26. The average Bonchev–Trinajstić information content (AvgIpc) is 3.24. The second-order valence-electron chi connectivity index (χ2n) is 9.70. The topological polar surface area (TPSA) is 90.0 Å². The Hall–Kier alpha value is -3.63. The molecular weight excluding hydrogens is 508 g/mol. The molecule has 0 radical (unpaired) electrons. The van der Waals surface area contributed by atoms with Crippen molar-refractivity contribution in [3.05, 3.63) is 71.9 Å². The number of carbonyl (C=O) groups excluding carboxylic acids is 2. The number of aromatic nitrogens is 1. The Kier molecular flexibility index (Phi) is 9.93. The minimum Gasteiger partial charge on any atom is -0.447 e. The van der Waals surface area contributed by atoms with Gasteiger partial charge in [0, 0.05) is 25.1 Å². The van der Waals surface area contributed by atoms with Gasteiger partial charge in [-0.3, -0.25) is 10.1 Å². The number of nitrogens with one attached hydrogen (secondary N) is 1. The molecular formula is C29H35F2N3O5. The lowest BCUT2D eigenvalue weighted by Crippen LogP contribution is -2.43. The summed E-state index contributed by atoms with van der Waals surface area (Å²) in [6.45, 7) is 3.80. The van der Waals surface area contributed by atoms with E-state index in [1.807, 2.05) is 24.3 Å². The second-order valence-corrected chi connectivity index (χ2v) is 9.70. The van der Waals surface area contributed by atoms with E-state index in [1.165, 1.54) is 17.0 Å². The fraction of sp³-hybridized carbons (Fsp3) is 0.414. The Labute approximate surface area is 227 Å². The van der Waals surface area contributed by atoms with Gasteiger partial charge in [-0.15, -0.1) is 0 Å². The highest BCUT2D eigenvalue weighted by molar-refractivity contribution is 5.89. The van der Waals surface area contributed by atoms with Crippen molar-refractivity contribution in [1.29, 1.82) is 0 Å². The van der Waals surface area contributed by atoms with Crippen molar-refractivity contribution in [2.75, 3.05) is 25.6 Å². The van der Waals surface area contributed by atoms with Crippen molar-refractivity contribution in [2.24, 2.45) is 0 Å². The lowest BCUT2D eigenvalue weighted by molar-refractivity contribution is -0.143. The molecule has 1 N–H and O–H groups in total. The van der Waals surface area contributed by atoms with Crippen LogP contribution < -0.4 is 5.32 Å². The largest absolute Gasteiger partial charge is 0.447 e. The van der Waals surface area contributed by atoms with Crippen molar-refractivity contribution in [3.8, 4) is 0 Å². The van der Waals surface area contributed by atoms with Crippen LogP contribution in [0.15, 0.2) is 54.7 Å². The Morgan fingerprint density at radius 3 is 2.64 bits per heavy atom. The van der Waals surface area contributed by atoms with E-state index in [9.17, 15) is 18.4 Å². The van der Waals surface area contributed by atoms with Crippen LogP contribution in [0, 0.1) is 11.6 Å². The molecule has 2 aromatic carbocycles. The van der Waals surface area contributed by atoms with Gasteiger partial charge in [0.25, 0.3) is 0 Å². The SMILES string of the molecule is C.CN(C(=O)CCc1cccc(F)c1F)[C@H](COC(=O)Nc1cc2ccccc2cn1)C[C@@H]1COC(C)(C)O1. The van der Waals surface area contributed by atoms with Gasteiger partial charge in [-0.25, -0.2) is 18.6 Å². The van der Waals surface area contributed by atoms with Gasteiger partial charge < -0.3 is 19.1 Å². The molecule has 1 aliphatic rings. The maximum atomic E-state index is 14.0. The van der Waals surface area contributed by atoms with Gasteiger partial charge >= 0.3 is 6.09 Å². The highest BCUT2D eigenvalue weighted by atomic mass is 19.2. The summed E-state index contributed by atoms with van der Waals surface area (Å²) in [5.41, 5.74) is 0.121. The number of pyridine rings is 1. The predicted octanol–water partition coefficient (Wildman–Crippen LogP) is 5.70. The van der Waals surface area contributed by atoms with Gasteiger partial charge in [-0.2, -0.15) is 0 Å². The summed E-state index contributed by atoms with van der Waals surface area (Å²) in [5, 5.41) is 4.46. The number of anilines is 1. The molecule has 0 bridgehead atoms. The smallest absolute Gasteiger partial charge is 0.412 e. The number of amides is 2. The Morgan fingerprint density at radius 1 is 1.18 bits per heavy atom. The Morgan fingerprint density at radius 2 is 1.92 bits per heavy atom. The van der Waals surface area contributed by atoms with E-state index in [2.05, 4.69) is 10.3 Å². The van der Waals surface area contributed by atoms with Crippen molar-refractivity contribution < 1.29 is 32.6 Å². The zero-order valence-corrected chi connectivity index (χ0v) is 21.6. The zero-order valence-electron chi connectivity index (χ0n) is 21.6. The Balaban J connectivity index is 0.00000420. The van der Waals surface area contributed by atoms with Crippen LogP contribution in [-0.2, 0) is 25.4 Å². The first-order valence-corrected chi connectivity index (χ1v) is 12.4. The average molecular weight is 544 g/mol. The van der Waals surface area contributed by atoms with E-state index >= 15 is 0 Å². The summed E-state index contributed by atoms with van der Waals surface area (Å²) >= 11 is 0. The van der Waals surface area contributed by atoms with E-state index < -0.39 is 29.6 Å². The molecule has 1 fully saturated rings. The van der Waals surface area contributed by atoms with Gasteiger partial charge in [0.05, 0.1) is 18.8 Å². The monoisotopic (exact) mass is 543 g/mol. The molecule has 2 atom stereocenters. The molecule has 0 aliphatic carbocycles. The molecule has 3 aromatic rings. The Bertz CT molecular complexity index is 1300. The summed E-state index contributed by atoms with van der Waals surface area (Å²) in [6, 6.07) is 12.7. The fourth-order valence-electron chi connectivity index (χ4n) is 4.35. The number of likely N-dealkylation sites (N-methyl/N-ethyl adjacent to an activating group) is 1. The molecule has 0 unspecified atom stereocenters. The minimum absolute atomic E-state index is 0. The van der Waals surface area contributed by atoms with Crippen LogP contribution in [0.1, 0.15) is 39.7 Å². The van der Waals surface area contributed by atoms with Crippen LogP contribution in [0.2, 0.25) is 0 Å². The number of rotatable bonds is 9. The van der Waals surface area contributed by atoms with Crippen molar-refractivity contribution >= 4 is 28.6 Å². The van der Waals surface area contributed by atoms with E-state index in [0.717, 1.165) is 16.8 Å². The first-order chi connectivity index (χ1) is 18.1. The number of carbonyl (C=O) groups is 2. The van der Waals surface area contributed by atoms with Gasteiger partial charge in [-0.1, -0.05) is 43.8 Å². The van der Waals surface area contributed by atoms with Crippen LogP contribution in [-0.4, -0.2) is 60.1 Å². The van der Waals surface area contributed by atoms with Crippen LogP contribution in [0.3, 0.4) is 0 Å². The molecule has 8 nitrogen and oxygen atoms in total. The number of hydrogen-bond donors (Lipinski definition) is 1. The number of benzene rings is 2. The summed E-state index contributed by atoms with van der Waals surface area (Å²) in [4.78, 5) is 31.2. The lowest BCUT2D eigenvalue weighted by Gasteiger charge is -2.30. The van der Waals surface area contributed by atoms with Gasteiger partial charge in [-0.05, 0) is 49.8 Å². The third kappa shape index (κ3) is 7.93. The number of halogens is 2. The third-order valence-corrected chi connectivity index (χ3v) is 6.45. The normalized spacial score (nSPS) is 16.8.